The lowest BCUT2D eigenvalue weighted by atomic mass is 10.2. The van der Waals surface area contributed by atoms with Crippen LogP contribution in [0.25, 0.3) is 6.08 Å². The number of hydrogen-bond donors (Lipinski definition) is 1. The van der Waals surface area contributed by atoms with Crippen LogP contribution in [0.2, 0.25) is 0 Å². The van der Waals surface area contributed by atoms with Crippen molar-refractivity contribution in [2.45, 2.75) is 26.2 Å². The average molecular weight is 342 g/mol. The number of carbonyl (C=O) groups is 1. The molecule has 1 amide bonds. The fourth-order valence-electron chi connectivity index (χ4n) is 2.36. The Bertz CT molecular complexity index is 615. The Kier molecular flexibility index (Phi) is 6.16. The van der Waals surface area contributed by atoms with Crippen LogP contribution in [0.15, 0.2) is 23.1 Å². The van der Waals surface area contributed by atoms with E-state index in [0.29, 0.717) is 18.7 Å². The lowest BCUT2D eigenvalue weighted by Crippen LogP contribution is -2.40. The summed E-state index contributed by atoms with van der Waals surface area (Å²) in [5.74, 6) is -0.257. The van der Waals surface area contributed by atoms with Gasteiger partial charge in [-0.2, -0.15) is 0 Å². The summed E-state index contributed by atoms with van der Waals surface area (Å²) < 4.78 is 25.8. The molecule has 1 N–H and O–H groups in total. The van der Waals surface area contributed by atoms with Crippen LogP contribution in [0.1, 0.15) is 31.1 Å². The van der Waals surface area contributed by atoms with Crippen molar-refractivity contribution in [3.63, 3.8) is 0 Å². The fourth-order valence-corrected chi connectivity index (χ4v) is 4.51. The molecule has 1 aromatic heterocycles. The number of sulfonamides is 1. The molecule has 1 aromatic rings. The first kappa shape index (κ1) is 17.2. The number of piperidine rings is 1. The highest BCUT2D eigenvalue weighted by molar-refractivity contribution is 7.89. The first-order valence-corrected chi connectivity index (χ1v) is 9.96. The van der Waals surface area contributed by atoms with Crippen LogP contribution in [0.3, 0.4) is 0 Å². The molecular weight excluding hydrogens is 320 g/mol. The van der Waals surface area contributed by atoms with Gasteiger partial charge < -0.3 is 5.32 Å². The van der Waals surface area contributed by atoms with E-state index in [1.807, 2.05) is 17.5 Å². The zero-order chi connectivity index (χ0) is 16.0. The van der Waals surface area contributed by atoms with Gasteiger partial charge in [-0.15, -0.1) is 11.3 Å². The van der Waals surface area contributed by atoms with E-state index >= 15 is 0 Å². The van der Waals surface area contributed by atoms with Gasteiger partial charge in [-0.1, -0.05) is 12.5 Å². The number of thiophene rings is 1. The van der Waals surface area contributed by atoms with Crippen LogP contribution < -0.4 is 5.32 Å². The van der Waals surface area contributed by atoms with Gasteiger partial charge in [0.25, 0.3) is 0 Å². The van der Waals surface area contributed by atoms with Gasteiger partial charge in [-0.05, 0) is 37.3 Å². The van der Waals surface area contributed by atoms with E-state index in [1.54, 1.807) is 24.3 Å². The molecule has 0 unspecified atom stereocenters. The highest BCUT2D eigenvalue weighted by atomic mass is 32.2. The molecular formula is C15H22N2O3S2. The lowest BCUT2D eigenvalue weighted by molar-refractivity contribution is -0.117. The maximum Gasteiger partial charge on any atom is 0.246 e. The van der Waals surface area contributed by atoms with Gasteiger partial charge in [0.1, 0.15) is 0 Å². The molecule has 0 aromatic carbocycles. The third kappa shape index (κ3) is 4.93. The Morgan fingerprint density at radius 1 is 1.36 bits per heavy atom. The highest BCUT2D eigenvalue weighted by Gasteiger charge is 2.23. The second-order valence-corrected chi connectivity index (χ2v) is 8.44. The van der Waals surface area contributed by atoms with Gasteiger partial charge >= 0.3 is 0 Å². The largest absolute Gasteiger partial charge is 0.351 e. The second kappa shape index (κ2) is 7.89. The summed E-state index contributed by atoms with van der Waals surface area (Å²) in [5, 5.41) is 4.63. The van der Waals surface area contributed by atoms with Crippen molar-refractivity contribution in [2.24, 2.45) is 0 Å². The first-order chi connectivity index (χ1) is 10.5. The first-order valence-electron chi connectivity index (χ1n) is 7.47. The predicted molar refractivity (Wildman–Crippen MR) is 90.2 cm³/mol. The summed E-state index contributed by atoms with van der Waals surface area (Å²) in [6.07, 6.45) is 4.75. The summed E-state index contributed by atoms with van der Waals surface area (Å²) in [6, 6.07) is 3.86. The summed E-state index contributed by atoms with van der Waals surface area (Å²) in [4.78, 5) is 13.0. The van der Waals surface area contributed by atoms with Crippen molar-refractivity contribution in [1.82, 2.24) is 9.62 Å². The number of rotatable bonds is 6. The van der Waals surface area contributed by atoms with Gasteiger partial charge in [0.2, 0.25) is 15.9 Å². The molecule has 2 heterocycles. The summed E-state index contributed by atoms with van der Waals surface area (Å²) in [6.45, 7) is 3.09. The molecule has 1 aliphatic rings. The van der Waals surface area contributed by atoms with Gasteiger partial charge in [0.15, 0.2) is 0 Å². The van der Waals surface area contributed by atoms with E-state index in [4.69, 9.17) is 0 Å². The van der Waals surface area contributed by atoms with Crippen LogP contribution in [-0.2, 0) is 14.8 Å². The third-order valence-corrected chi connectivity index (χ3v) is 6.31. The Hall–Kier alpha value is -1.18. The molecule has 22 heavy (non-hydrogen) atoms. The van der Waals surface area contributed by atoms with E-state index in [0.717, 1.165) is 24.1 Å². The molecule has 0 bridgehead atoms. The van der Waals surface area contributed by atoms with Crippen molar-refractivity contribution in [2.75, 3.05) is 25.4 Å². The van der Waals surface area contributed by atoms with Crippen LogP contribution in [0.4, 0.5) is 0 Å². The van der Waals surface area contributed by atoms with Gasteiger partial charge in [-0.25, -0.2) is 12.7 Å². The number of hydrogen-bond acceptors (Lipinski definition) is 4. The van der Waals surface area contributed by atoms with Crippen LogP contribution in [-0.4, -0.2) is 44.0 Å². The van der Waals surface area contributed by atoms with Crippen LogP contribution in [0.5, 0.6) is 0 Å². The minimum atomic E-state index is -3.25. The maximum atomic E-state index is 12.2. The van der Waals surface area contributed by atoms with Gasteiger partial charge in [0.05, 0.1) is 5.75 Å². The molecule has 7 heteroatoms. The molecule has 0 spiro atoms. The average Bonchev–Trinajstić information content (AvgIpc) is 3.00. The van der Waals surface area contributed by atoms with E-state index in [9.17, 15) is 13.2 Å². The Labute approximate surface area is 136 Å². The van der Waals surface area contributed by atoms with E-state index in [2.05, 4.69) is 5.32 Å². The van der Waals surface area contributed by atoms with E-state index in [-0.39, 0.29) is 18.2 Å². The molecule has 0 radical (unpaired) electrons. The van der Waals surface area contributed by atoms with E-state index < -0.39 is 10.0 Å². The van der Waals surface area contributed by atoms with Crippen LogP contribution in [0, 0.1) is 0 Å². The molecule has 122 valence electrons. The highest BCUT2D eigenvalue weighted by Crippen LogP contribution is 2.14. The summed E-state index contributed by atoms with van der Waals surface area (Å²) in [5.41, 5.74) is 0.581. The minimum absolute atomic E-state index is 0.0367. The molecule has 1 fully saturated rings. The van der Waals surface area contributed by atoms with Gasteiger partial charge in [-0.3, -0.25) is 4.79 Å². The zero-order valence-corrected chi connectivity index (χ0v) is 14.4. The number of amides is 1. The zero-order valence-electron chi connectivity index (χ0n) is 12.7. The van der Waals surface area contributed by atoms with Crippen LogP contribution >= 0.6 is 11.3 Å². The third-order valence-electron chi connectivity index (χ3n) is 3.61. The smallest absolute Gasteiger partial charge is 0.246 e. The molecule has 1 aliphatic heterocycles. The minimum Gasteiger partial charge on any atom is -0.351 e. The molecule has 0 atom stereocenters. The molecule has 0 saturated carbocycles. The van der Waals surface area contributed by atoms with Crippen molar-refractivity contribution >= 4 is 33.3 Å². The SMILES string of the molecule is C/C(=C\c1cccs1)C(=O)NCCS(=O)(=O)N1CCCCC1. The number of nitrogens with zero attached hydrogens (tertiary/aromatic N) is 1. The normalized spacial score (nSPS) is 17.4. The lowest BCUT2D eigenvalue weighted by Gasteiger charge is -2.25. The Balaban J connectivity index is 1.81. The quantitative estimate of drug-likeness (QED) is 0.805. The summed E-state index contributed by atoms with van der Waals surface area (Å²) in [7, 11) is -3.25. The molecule has 5 nitrogen and oxygen atoms in total. The van der Waals surface area contributed by atoms with Gasteiger partial charge in [0, 0.05) is 30.1 Å². The molecule has 1 saturated heterocycles. The van der Waals surface area contributed by atoms with E-state index in [1.165, 1.54) is 4.31 Å². The van der Waals surface area contributed by atoms with Crippen molar-refractivity contribution in [3.05, 3.63) is 28.0 Å². The maximum absolute atomic E-state index is 12.2. The topological polar surface area (TPSA) is 66.5 Å². The van der Waals surface area contributed by atoms with Crippen molar-refractivity contribution < 1.29 is 13.2 Å². The molecule has 0 aliphatic carbocycles. The van der Waals surface area contributed by atoms with Crippen molar-refractivity contribution in [1.29, 1.82) is 0 Å². The number of carbonyl (C=O) groups excluding carboxylic acids is 1. The fraction of sp³-hybridized carbons (Fsp3) is 0.533. The number of nitrogens with one attached hydrogen (secondary N) is 1. The molecule has 2 rings (SSSR count). The second-order valence-electron chi connectivity index (χ2n) is 5.37. The monoisotopic (exact) mass is 342 g/mol. The predicted octanol–water partition coefficient (Wildman–Crippen LogP) is 2.08. The standard InChI is InChI=1S/C15H22N2O3S2/c1-13(12-14-6-5-10-21-14)15(18)16-7-11-22(19,20)17-8-3-2-4-9-17/h5-6,10,12H,2-4,7-9,11H2,1H3,(H,16,18)/b13-12+. The summed E-state index contributed by atoms with van der Waals surface area (Å²) >= 11 is 1.56. The van der Waals surface area contributed by atoms with Crippen molar-refractivity contribution in [3.8, 4) is 0 Å². The Morgan fingerprint density at radius 2 is 2.09 bits per heavy atom. The Morgan fingerprint density at radius 3 is 2.73 bits per heavy atom.